The molecule has 1 unspecified atom stereocenters. The zero-order valence-corrected chi connectivity index (χ0v) is 8.46. The monoisotopic (exact) mass is 196 g/mol. The molecule has 40 valence electrons. The van der Waals surface area contributed by atoms with Crippen molar-refractivity contribution in [1.82, 2.24) is 0 Å². The fourth-order valence-corrected chi connectivity index (χ4v) is 1.03. The molecule has 7 heavy (non-hydrogen) atoms. The van der Waals surface area contributed by atoms with Crippen LogP contribution < -0.4 is 29.6 Å². The van der Waals surface area contributed by atoms with Crippen LogP contribution in [0.15, 0.2) is 0 Å². The Kier molecular flexibility index (Phi) is 12.4. The molecule has 0 spiro atoms. The van der Waals surface area contributed by atoms with E-state index in [9.17, 15) is 4.21 Å². The summed E-state index contributed by atoms with van der Waals surface area (Å²) in [4.78, 5) is 0. The van der Waals surface area contributed by atoms with Crippen LogP contribution >= 0.6 is 15.9 Å². The van der Waals surface area contributed by atoms with Gasteiger partial charge in [-0.1, -0.05) is 15.9 Å². The van der Waals surface area contributed by atoms with Crippen LogP contribution in [0.25, 0.3) is 0 Å². The molecule has 0 saturated carbocycles. The van der Waals surface area contributed by atoms with Crippen molar-refractivity contribution in [3.05, 3.63) is 0 Å². The first-order valence-electron chi connectivity index (χ1n) is 1.41. The molecular weight excluding hydrogens is 191 g/mol. The van der Waals surface area contributed by atoms with Crippen molar-refractivity contribution < 1.29 is 39.7 Å². The van der Waals surface area contributed by atoms with E-state index in [-0.39, 0.29) is 31.0 Å². The third-order valence-electron chi connectivity index (χ3n) is 0.252. The normalized spacial score (nSPS) is 12.3. The third-order valence-corrected chi connectivity index (χ3v) is 1.73. The second kappa shape index (κ2) is 7.59. The summed E-state index contributed by atoms with van der Waals surface area (Å²) in [7, 11) is 0. The van der Waals surface area contributed by atoms with Crippen molar-refractivity contribution in [1.29, 1.82) is 0 Å². The van der Waals surface area contributed by atoms with E-state index in [2.05, 4.69) is 15.9 Å². The van der Waals surface area contributed by atoms with E-state index in [4.69, 9.17) is 4.55 Å². The molecule has 0 radical (unpaired) electrons. The Morgan fingerprint density at radius 2 is 2.29 bits per heavy atom. The van der Waals surface area contributed by atoms with E-state index < -0.39 is 11.1 Å². The number of hydrogen-bond acceptors (Lipinski definition) is 1. The molecule has 0 heterocycles. The van der Waals surface area contributed by atoms with Crippen LogP contribution in [-0.2, 0) is 11.1 Å². The average Bonchev–Trinajstić information content (AvgIpc) is 1.35. The zero-order chi connectivity index (χ0) is 4.99. The first-order chi connectivity index (χ1) is 2.77. The third kappa shape index (κ3) is 11.3. The molecule has 0 bridgehead atoms. The summed E-state index contributed by atoms with van der Waals surface area (Å²) in [5, 5.41) is 0.593. The van der Waals surface area contributed by atoms with E-state index in [1.54, 1.807) is 0 Å². The van der Waals surface area contributed by atoms with Crippen molar-refractivity contribution >= 4 is 27.0 Å². The van der Waals surface area contributed by atoms with Crippen molar-refractivity contribution in [3.63, 3.8) is 0 Å². The van der Waals surface area contributed by atoms with Gasteiger partial charge in [-0.3, -0.25) is 0 Å². The Morgan fingerprint density at radius 3 is 2.29 bits per heavy atom. The van der Waals surface area contributed by atoms with E-state index in [0.29, 0.717) is 11.1 Å². The summed E-state index contributed by atoms with van der Waals surface area (Å²) >= 11 is 1.38. The molecule has 0 aliphatic heterocycles. The summed E-state index contributed by atoms with van der Waals surface area (Å²) in [5.74, 6) is 0.319. The minimum absolute atomic E-state index is 0. The molecule has 0 aliphatic carbocycles. The average molecular weight is 197 g/mol. The minimum Gasteiger partial charge on any atom is -1.00 e. The number of hydrogen-bond donors (Lipinski definition) is 1. The van der Waals surface area contributed by atoms with Crippen LogP contribution in [0, 0.1) is 0 Å². The van der Waals surface area contributed by atoms with Crippen molar-refractivity contribution in [2.75, 3.05) is 11.1 Å². The van der Waals surface area contributed by atoms with Crippen molar-refractivity contribution in [2.24, 2.45) is 0 Å². The molecule has 2 nitrogen and oxygen atoms in total. The summed E-state index contributed by atoms with van der Waals surface area (Å²) in [6.07, 6.45) is 0. The SMILES string of the molecule is O=S(O)CCBr.[H-].[Na+]. The Hall–Kier alpha value is 1.59. The second-order valence-corrected chi connectivity index (χ2v) is 2.56. The topological polar surface area (TPSA) is 37.3 Å². The van der Waals surface area contributed by atoms with E-state index in [0.717, 1.165) is 0 Å². The van der Waals surface area contributed by atoms with Gasteiger partial charge in [0, 0.05) is 5.33 Å². The van der Waals surface area contributed by atoms with Crippen LogP contribution in [-0.4, -0.2) is 19.8 Å². The van der Waals surface area contributed by atoms with Gasteiger partial charge < -0.3 is 5.98 Å². The van der Waals surface area contributed by atoms with Gasteiger partial charge in [0.25, 0.3) is 0 Å². The van der Waals surface area contributed by atoms with Crippen LogP contribution in [0.4, 0.5) is 0 Å². The van der Waals surface area contributed by atoms with Gasteiger partial charge in [-0.15, -0.1) is 0 Å². The van der Waals surface area contributed by atoms with Crippen LogP contribution in [0.5, 0.6) is 0 Å². The molecule has 1 atom stereocenters. The fourth-order valence-electron chi connectivity index (χ4n) is 0.0660. The summed E-state index contributed by atoms with van der Waals surface area (Å²) < 4.78 is 17.7. The number of rotatable bonds is 2. The van der Waals surface area contributed by atoms with Gasteiger partial charge in [0.1, 0.15) is 0 Å². The molecule has 0 aromatic carbocycles. The number of alkyl halides is 1. The van der Waals surface area contributed by atoms with E-state index in [1.807, 2.05) is 0 Å². The molecule has 0 saturated heterocycles. The van der Waals surface area contributed by atoms with Gasteiger partial charge in [-0.25, -0.2) is 4.21 Å². The minimum atomic E-state index is -1.61. The zero-order valence-electron chi connectivity index (χ0n) is 5.06. The molecule has 0 rings (SSSR count). The number of halogens is 1. The van der Waals surface area contributed by atoms with Gasteiger partial charge >= 0.3 is 29.6 Å². The standard InChI is InChI=1S/C2H5BrO2S.Na.H/c3-1-2-6(4)5;;/h1-2H2,(H,4,5);;/q;+1;-1. The Morgan fingerprint density at radius 1 is 1.86 bits per heavy atom. The molecule has 5 heteroatoms. The molecular formula is C2H6BrNaO2S. The Balaban J connectivity index is -0.000000125. The predicted octanol–water partition coefficient (Wildman–Crippen LogP) is -2.28. The van der Waals surface area contributed by atoms with Gasteiger partial charge in [-0.2, -0.15) is 0 Å². The molecule has 0 amide bonds. The van der Waals surface area contributed by atoms with Gasteiger partial charge in [0.15, 0.2) is 11.1 Å². The smallest absolute Gasteiger partial charge is 1.00 e. The van der Waals surface area contributed by atoms with E-state index >= 15 is 0 Å². The van der Waals surface area contributed by atoms with Gasteiger partial charge in [-0.05, 0) is 0 Å². The van der Waals surface area contributed by atoms with Gasteiger partial charge in [0.2, 0.25) is 0 Å². The molecule has 0 aliphatic rings. The second-order valence-electron chi connectivity index (χ2n) is 0.715. The van der Waals surface area contributed by atoms with Gasteiger partial charge in [0.05, 0.1) is 5.75 Å². The summed E-state index contributed by atoms with van der Waals surface area (Å²) in [6, 6.07) is 0. The maximum absolute atomic E-state index is 9.68. The van der Waals surface area contributed by atoms with E-state index in [1.165, 1.54) is 0 Å². The van der Waals surface area contributed by atoms with Crippen LogP contribution in [0.2, 0.25) is 0 Å². The summed E-state index contributed by atoms with van der Waals surface area (Å²) in [5.41, 5.74) is 0. The quantitative estimate of drug-likeness (QED) is 0.307. The molecule has 0 aromatic rings. The Bertz CT molecular complexity index is 64.0. The maximum Gasteiger partial charge on any atom is 1.00 e. The molecule has 1 N–H and O–H groups in total. The summed E-state index contributed by atoms with van der Waals surface area (Å²) in [6.45, 7) is 0. The molecule has 0 fully saturated rings. The molecule has 0 aromatic heterocycles. The first kappa shape index (κ1) is 11.4. The fraction of sp³-hybridized carbons (Fsp3) is 1.00. The first-order valence-corrected chi connectivity index (χ1v) is 3.80. The van der Waals surface area contributed by atoms with Crippen molar-refractivity contribution in [3.8, 4) is 0 Å². The largest absolute Gasteiger partial charge is 1.00 e. The predicted molar refractivity (Wildman–Crippen MR) is 30.5 cm³/mol. The van der Waals surface area contributed by atoms with Crippen LogP contribution in [0.3, 0.4) is 0 Å². The maximum atomic E-state index is 9.68. The Labute approximate surface area is 77.2 Å². The van der Waals surface area contributed by atoms with Crippen molar-refractivity contribution in [2.45, 2.75) is 0 Å². The van der Waals surface area contributed by atoms with Crippen LogP contribution in [0.1, 0.15) is 1.43 Å².